The van der Waals surface area contributed by atoms with E-state index in [0.717, 1.165) is 16.7 Å². The SMILES string of the molecule is C/C(=C\c1ccc(O)c(F)c1)CC[C@H]1OB(O)C[C@H]2C1=C(C(C)C)C[C@H]1C(=O)N(C)C(=O)[C@H]12. The van der Waals surface area contributed by atoms with E-state index in [9.17, 15) is 24.1 Å². The summed E-state index contributed by atoms with van der Waals surface area (Å²) in [6, 6.07) is 4.27. The molecule has 4 atom stereocenters. The predicted molar refractivity (Wildman–Crippen MR) is 123 cm³/mol. The lowest BCUT2D eigenvalue weighted by Gasteiger charge is -2.44. The first-order valence-electron chi connectivity index (χ1n) is 11.6. The summed E-state index contributed by atoms with van der Waals surface area (Å²) in [5.41, 5.74) is 3.91. The van der Waals surface area contributed by atoms with Gasteiger partial charge in [0.15, 0.2) is 11.6 Å². The van der Waals surface area contributed by atoms with Crippen molar-refractivity contribution in [2.75, 3.05) is 7.05 Å². The van der Waals surface area contributed by atoms with Gasteiger partial charge in [0.25, 0.3) is 0 Å². The maximum Gasteiger partial charge on any atom is 0.455 e. The van der Waals surface area contributed by atoms with Crippen LogP contribution in [0.1, 0.15) is 45.6 Å². The average Bonchev–Trinajstić information content (AvgIpc) is 2.98. The number of allylic oxidation sites excluding steroid dienone is 2. The molecule has 0 unspecified atom stereocenters. The number of fused-ring (bicyclic) bond motifs is 3. The Balaban J connectivity index is 1.60. The molecule has 2 amide bonds. The van der Waals surface area contributed by atoms with Gasteiger partial charge in [0, 0.05) is 7.05 Å². The lowest BCUT2D eigenvalue weighted by Crippen LogP contribution is -2.46. The van der Waals surface area contributed by atoms with Crippen LogP contribution in [0.25, 0.3) is 6.08 Å². The number of rotatable bonds is 5. The number of hydrogen-bond donors (Lipinski definition) is 2. The van der Waals surface area contributed by atoms with E-state index in [4.69, 9.17) is 4.65 Å². The van der Waals surface area contributed by atoms with Crippen LogP contribution in [0.3, 0.4) is 0 Å². The number of halogens is 1. The number of carbonyl (C=O) groups is 2. The zero-order valence-corrected chi connectivity index (χ0v) is 19.5. The average molecular weight is 455 g/mol. The number of likely N-dealkylation sites (tertiary alicyclic amines) is 1. The maximum absolute atomic E-state index is 13.7. The molecule has 2 aliphatic heterocycles. The molecule has 2 N–H and O–H groups in total. The van der Waals surface area contributed by atoms with Crippen molar-refractivity contribution in [2.24, 2.45) is 23.7 Å². The van der Waals surface area contributed by atoms with E-state index >= 15 is 0 Å². The minimum absolute atomic E-state index is 0.125. The van der Waals surface area contributed by atoms with E-state index in [1.165, 1.54) is 17.0 Å². The number of carbonyl (C=O) groups excluding carboxylic acids is 2. The molecule has 0 saturated carbocycles. The maximum atomic E-state index is 13.7. The van der Waals surface area contributed by atoms with Crippen molar-refractivity contribution in [2.45, 2.75) is 52.5 Å². The van der Waals surface area contributed by atoms with Crippen LogP contribution in [0, 0.1) is 29.5 Å². The van der Waals surface area contributed by atoms with E-state index in [1.54, 1.807) is 13.1 Å². The fourth-order valence-electron chi connectivity index (χ4n) is 5.74. The molecule has 1 aliphatic carbocycles. The summed E-state index contributed by atoms with van der Waals surface area (Å²) in [6.45, 7) is 6.14. The van der Waals surface area contributed by atoms with Gasteiger partial charge in [-0.3, -0.25) is 14.5 Å². The Labute approximate surface area is 194 Å². The van der Waals surface area contributed by atoms with Crippen LogP contribution in [-0.2, 0) is 14.2 Å². The molecule has 2 fully saturated rings. The van der Waals surface area contributed by atoms with Crippen LogP contribution >= 0.6 is 0 Å². The molecule has 3 aliphatic rings. The molecule has 0 aromatic heterocycles. The highest BCUT2D eigenvalue weighted by Gasteiger charge is 2.56. The van der Waals surface area contributed by atoms with Gasteiger partial charge in [0.2, 0.25) is 11.8 Å². The zero-order valence-electron chi connectivity index (χ0n) is 19.5. The van der Waals surface area contributed by atoms with Crippen molar-refractivity contribution in [3.8, 4) is 5.75 Å². The molecule has 4 rings (SSSR count). The number of phenolic OH excluding ortho intramolecular Hbond substituents is 1. The molecule has 8 heteroatoms. The number of imide groups is 1. The summed E-state index contributed by atoms with van der Waals surface area (Å²) < 4.78 is 19.6. The summed E-state index contributed by atoms with van der Waals surface area (Å²) in [6.07, 6.45) is 3.66. The van der Waals surface area contributed by atoms with Crippen LogP contribution in [-0.4, -0.2) is 47.1 Å². The van der Waals surface area contributed by atoms with Crippen LogP contribution in [0.15, 0.2) is 34.9 Å². The second-order valence-corrected chi connectivity index (χ2v) is 9.87. The summed E-state index contributed by atoms with van der Waals surface area (Å²) >= 11 is 0. The second kappa shape index (κ2) is 9.07. The molecule has 176 valence electrons. The quantitative estimate of drug-likeness (QED) is 0.401. The molecule has 33 heavy (non-hydrogen) atoms. The smallest absolute Gasteiger partial charge is 0.455 e. The van der Waals surface area contributed by atoms with E-state index in [0.29, 0.717) is 31.1 Å². The Morgan fingerprint density at radius 2 is 2.03 bits per heavy atom. The molecule has 2 heterocycles. The Kier molecular flexibility index (Phi) is 6.51. The van der Waals surface area contributed by atoms with Gasteiger partial charge in [0.1, 0.15) is 0 Å². The van der Waals surface area contributed by atoms with Crippen LogP contribution in [0.2, 0.25) is 6.32 Å². The molecule has 1 aromatic carbocycles. The Morgan fingerprint density at radius 1 is 1.30 bits per heavy atom. The number of aromatic hydroxyl groups is 1. The standard InChI is InChI=1S/C25H31BFNO5/c1-13(2)16-11-17-23(25(31)28(4)24(17)30)18-12-26(32)33-21(22(16)18)8-5-14(3)9-15-6-7-20(29)19(27)10-15/h6-7,9-10,13,17-18,21,23,29,32H,5,8,11-12H2,1-4H3/b14-9+/t17-,18+,21-,23-/m1/s1. The van der Waals surface area contributed by atoms with E-state index in [2.05, 4.69) is 13.8 Å². The molecule has 0 radical (unpaired) electrons. The summed E-state index contributed by atoms with van der Waals surface area (Å²) in [7, 11) is 0.561. The van der Waals surface area contributed by atoms with E-state index in [-0.39, 0.29) is 41.4 Å². The Hall–Kier alpha value is -2.45. The molecule has 6 nitrogen and oxygen atoms in total. The van der Waals surface area contributed by atoms with Crippen molar-refractivity contribution in [1.82, 2.24) is 4.90 Å². The predicted octanol–water partition coefficient (Wildman–Crippen LogP) is 3.80. The molecule has 0 spiro atoms. The van der Waals surface area contributed by atoms with Gasteiger partial charge in [-0.15, -0.1) is 0 Å². The molecular weight excluding hydrogens is 424 g/mol. The fourth-order valence-corrected chi connectivity index (χ4v) is 5.74. The van der Waals surface area contributed by atoms with Gasteiger partial charge >= 0.3 is 7.12 Å². The number of nitrogens with zero attached hydrogens (tertiary/aromatic N) is 1. The first-order chi connectivity index (χ1) is 15.6. The van der Waals surface area contributed by atoms with Crippen molar-refractivity contribution < 1.29 is 28.8 Å². The normalized spacial score (nSPS) is 28.0. The minimum atomic E-state index is -0.986. The van der Waals surface area contributed by atoms with Gasteiger partial charge in [-0.25, -0.2) is 4.39 Å². The van der Waals surface area contributed by atoms with Crippen LogP contribution in [0.5, 0.6) is 5.75 Å². The largest absolute Gasteiger partial charge is 0.505 e. The van der Waals surface area contributed by atoms with Gasteiger partial charge in [0.05, 0.1) is 17.9 Å². The van der Waals surface area contributed by atoms with Gasteiger partial charge in [-0.1, -0.05) is 37.1 Å². The Morgan fingerprint density at radius 3 is 2.70 bits per heavy atom. The van der Waals surface area contributed by atoms with Gasteiger partial charge in [-0.05, 0) is 67.6 Å². The highest BCUT2D eigenvalue weighted by molar-refractivity contribution is 6.43. The van der Waals surface area contributed by atoms with Crippen LogP contribution in [0.4, 0.5) is 4.39 Å². The summed E-state index contributed by atoms with van der Waals surface area (Å²) in [5.74, 6) is -2.12. The van der Waals surface area contributed by atoms with Crippen molar-refractivity contribution in [1.29, 1.82) is 0 Å². The zero-order chi connectivity index (χ0) is 24.0. The summed E-state index contributed by atoms with van der Waals surface area (Å²) in [4.78, 5) is 26.9. The summed E-state index contributed by atoms with van der Waals surface area (Å²) in [5, 5.41) is 19.9. The number of hydrogen-bond acceptors (Lipinski definition) is 5. The third-order valence-electron chi connectivity index (χ3n) is 7.35. The van der Waals surface area contributed by atoms with Crippen LogP contribution < -0.4 is 0 Å². The molecule has 2 saturated heterocycles. The molecule has 0 bridgehead atoms. The van der Waals surface area contributed by atoms with Gasteiger partial charge < -0.3 is 14.8 Å². The highest BCUT2D eigenvalue weighted by atomic mass is 19.1. The second-order valence-electron chi connectivity index (χ2n) is 9.87. The number of phenols is 1. The fraction of sp³-hybridized carbons (Fsp3) is 0.520. The minimum Gasteiger partial charge on any atom is -0.505 e. The number of benzene rings is 1. The first-order valence-corrected chi connectivity index (χ1v) is 11.6. The molecule has 1 aromatic rings. The van der Waals surface area contributed by atoms with Crippen molar-refractivity contribution >= 4 is 25.0 Å². The van der Waals surface area contributed by atoms with Crippen molar-refractivity contribution in [3.63, 3.8) is 0 Å². The lowest BCUT2D eigenvalue weighted by atomic mass is 9.57. The first kappa shape index (κ1) is 23.7. The molecular formula is C25H31BFNO5. The van der Waals surface area contributed by atoms with E-state index in [1.807, 2.05) is 13.0 Å². The van der Waals surface area contributed by atoms with Crippen molar-refractivity contribution in [3.05, 3.63) is 46.3 Å². The monoisotopic (exact) mass is 455 g/mol. The third kappa shape index (κ3) is 4.38. The third-order valence-corrected chi connectivity index (χ3v) is 7.35. The Bertz CT molecular complexity index is 1040. The highest BCUT2D eigenvalue weighted by Crippen LogP contribution is 2.51. The van der Waals surface area contributed by atoms with Gasteiger partial charge in [-0.2, -0.15) is 0 Å². The lowest BCUT2D eigenvalue weighted by molar-refractivity contribution is -0.138. The topological polar surface area (TPSA) is 87.1 Å². The number of amides is 2. The van der Waals surface area contributed by atoms with E-state index < -0.39 is 18.9 Å².